The van der Waals surface area contributed by atoms with Gasteiger partial charge in [-0.2, -0.15) is 0 Å². The van der Waals surface area contributed by atoms with Crippen LogP contribution in [-0.4, -0.2) is 96.7 Å². The summed E-state index contributed by atoms with van der Waals surface area (Å²) in [5.41, 5.74) is 0. The van der Waals surface area contributed by atoms with Gasteiger partial charge in [0.1, 0.15) is 19.3 Å². The molecular formula is C81H146O17P2. The van der Waals surface area contributed by atoms with Crippen LogP contribution in [0.2, 0.25) is 0 Å². The average molecular weight is 1450 g/mol. The third-order valence-corrected chi connectivity index (χ3v) is 19.1. The van der Waals surface area contributed by atoms with Crippen molar-refractivity contribution in [2.24, 2.45) is 0 Å². The molecule has 17 nitrogen and oxygen atoms in total. The zero-order valence-corrected chi connectivity index (χ0v) is 65.4. The molecule has 0 saturated heterocycles. The first-order valence-corrected chi connectivity index (χ1v) is 43.2. The molecule has 3 N–H and O–H groups in total. The summed E-state index contributed by atoms with van der Waals surface area (Å²) in [6.45, 7) is 4.75. The van der Waals surface area contributed by atoms with Gasteiger partial charge < -0.3 is 33.8 Å². The molecule has 0 aromatic carbocycles. The van der Waals surface area contributed by atoms with Crippen LogP contribution in [0.3, 0.4) is 0 Å². The number of phosphoric acid groups is 2. The van der Waals surface area contributed by atoms with E-state index in [0.717, 1.165) is 103 Å². The summed E-state index contributed by atoms with van der Waals surface area (Å²) < 4.78 is 68.5. The maximum Gasteiger partial charge on any atom is 0.472 e. The van der Waals surface area contributed by atoms with E-state index in [-0.39, 0.29) is 25.7 Å². The minimum absolute atomic E-state index is 0.0402. The van der Waals surface area contributed by atoms with Crippen molar-refractivity contribution in [2.45, 2.75) is 380 Å². The Bertz CT molecular complexity index is 2180. The van der Waals surface area contributed by atoms with Crippen molar-refractivity contribution >= 4 is 39.5 Å². The predicted molar refractivity (Wildman–Crippen MR) is 409 cm³/mol. The van der Waals surface area contributed by atoms with Crippen molar-refractivity contribution in [2.75, 3.05) is 39.6 Å². The first-order chi connectivity index (χ1) is 48.7. The number of carbonyl (C=O) groups excluding carboxylic acids is 4. The summed E-state index contributed by atoms with van der Waals surface area (Å²) >= 11 is 0. The first-order valence-electron chi connectivity index (χ1n) is 40.2. The molecule has 0 aromatic heterocycles. The van der Waals surface area contributed by atoms with Crippen LogP contribution in [0.1, 0.15) is 362 Å². The average Bonchev–Trinajstić information content (AvgIpc) is 0.953. The Morgan fingerprint density at radius 3 is 0.800 bits per heavy atom. The van der Waals surface area contributed by atoms with Gasteiger partial charge in [0.25, 0.3) is 0 Å². The molecule has 0 saturated carbocycles. The molecule has 0 bridgehead atoms. The summed E-state index contributed by atoms with van der Waals surface area (Å²) in [5, 5.41) is 10.6. The maximum atomic E-state index is 13.1. The van der Waals surface area contributed by atoms with E-state index in [1.807, 2.05) is 18.2 Å². The Morgan fingerprint density at radius 2 is 0.520 bits per heavy atom. The monoisotopic (exact) mass is 1450 g/mol. The number of rotatable bonds is 76. The van der Waals surface area contributed by atoms with Gasteiger partial charge in [-0.25, -0.2) is 9.13 Å². The van der Waals surface area contributed by atoms with Crippen LogP contribution >= 0.6 is 15.6 Å². The van der Waals surface area contributed by atoms with Gasteiger partial charge in [-0.15, -0.1) is 0 Å². The Hall–Kier alpha value is -3.50. The second-order valence-corrected chi connectivity index (χ2v) is 29.9. The van der Waals surface area contributed by atoms with Gasteiger partial charge >= 0.3 is 39.5 Å². The van der Waals surface area contributed by atoms with Crippen LogP contribution < -0.4 is 0 Å². The van der Waals surface area contributed by atoms with Gasteiger partial charge in [0.05, 0.1) is 26.4 Å². The molecule has 0 spiro atoms. The summed E-state index contributed by atoms with van der Waals surface area (Å²) in [6.07, 6.45) is 74.7. The van der Waals surface area contributed by atoms with Crippen LogP contribution in [0.4, 0.5) is 0 Å². The minimum atomic E-state index is -4.98. The summed E-state index contributed by atoms with van der Waals surface area (Å²) in [4.78, 5) is 72.9. The third-order valence-electron chi connectivity index (χ3n) is 17.2. The Kier molecular flexibility index (Phi) is 71.2. The van der Waals surface area contributed by atoms with Gasteiger partial charge in [-0.1, -0.05) is 345 Å². The highest BCUT2D eigenvalue weighted by atomic mass is 31.2. The summed E-state index contributed by atoms with van der Waals surface area (Å²) in [7, 11) is -9.95. The lowest BCUT2D eigenvalue weighted by Gasteiger charge is -2.21. The number of hydrogen-bond acceptors (Lipinski definition) is 15. The molecule has 582 valence electrons. The molecule has 0 rings (SSSR count). The second kappa shape index (κ2) is 73.8. The number of hydrogen-bond donors (Lipinski definition) is 3. The van der Waals surface area contributed by atoms with E-state index in [9.17, 15) is 43.2 Å². The smallest absolute Gasteiger partial charge is 0.462 e. The van der Waals surface area contributed by atoms with Crippen LogP contribution in [0.25, 0.3) is 0 Å². The molecule has 5 unspecified atom stereocenters. The van der Waals surface area contributed by atoms with Crippen LogP contribution in [0, 0.1) is 0 Å². The Labute approximate surface area is 609 Å². The number of esters is 4. The molecule has 0 radical (unpaired) electrons. The molecule has 0 aromatic rings. The number of unbranched alkanes of at least 4 members (excludes halogenated alkanes) is 38. The molecule has 0 heterocycles. The number of allylic oxidation sites excluding steroid dienone is 12. The highest BCUT2D eigenvalue weighted by molar-refractivity contribution is 7.47. The number of aliphatic hydroxyl groups is 1. The summed E-state index contributed by atoms with van der Waals surface area (Å²) in [5.74, 6) is -2.24. The Morgan fingerprint density at radius 1 is 0.290 bits per heavy atom. The lowest BCUT2D eigenvalue weighted by molar-refractivity contribution is -0.161. The highest BCUT2D eigenvalue weighted by Gasteiger charge is 2.30. The maximum absolute atomic E-state index is 13.1. The van der Waals surface area contributed by atoms with Crippen molar-refractivity contribution in [1.82, 2.24) is 0 Å². The molecule has 0 aliphatic rings. The van der Waals surface area contributed by atoms with Crippen LogP contribution in [0.15, 0.2) is 72.9 Å². The largest absolute Gasteiger partial charge is 0.472 e. The van der Waals surface area contributed by atoms with Gasteiger partial charge in [0.2, 0.25) is 0 Å². The molecule has 19 heteroatoms. The fraction of sp³-hybridized carbons (Fsp3) is 0.802. The molecule has 0 amide bonds. The van der Waals surface area contributed by atoms with Crippen molar-refractivity contribution in [3.8, 4) is 0 Å². The third kappa shape index (κ3) is 72.8. The van der Waals surface area contributed by atoms with Gasteiger partial charge in [-0.3, -0.25) is 37.3 Å². The highest BCUT2D eigenvalue weighted by Crippen LogP contribution is 2.45. The number of ether oxygens (including phenoxy) is 4. The number of phosphoric ester groups is 2. The fourth-order valence-electron chi connectivity index (χ4n) is 11.1. The second-order valence-electron chi connectivity index (χ2n) is 27.0. The van der Waals surface area contributed by atoms with Crippen molar-refractivity contribution < 1.29 is 80.2 Å². The van der Waals surface area contributed by atoms with E-state index in [0.29, 0.717) is 32.1 Å². The number of aliphatic hydroxyl groups excluding tert-OH is 1. The zero-order valence-electron chi connectivity index (χ0n) is 63.6. The van der Waals surface area contributed by atoms with Crippen molar-refractivity contribution in [1.29, 1.82) is 0 Å². The lowest BCUT2D eigenvalue weighted by atomic mass is 10.0. The van der Waals surface area contributed by atoms with Gasteiger partial charge in [-0.05, 0) is 64.2 Å². The zero-order chi connectivity index (χ0) is 73.2. The summed E-state index contributed by atoms with van der Waals surface area (Å²) in [6, 6.07) is 0. The van der Waals surface area contributed by atoms with E-state index in [1.54, 1.807) is 0 Å². The number of carbonyl (C=O) groups is 4. The van der Waals surface area contributed by atoms with E-state index in [1.165, 1.54) is 173 Å². The predicted octanol–water partition coefficient (Wildman–Crippen LogP) is 23.2. The van der Waals surface area contributed by atoms with Crippen LogP contribution in [-0.2, 0) is 65.4 Å². The van der Waals surface area contributed by atoms with E-state index >= 15 is 0 Å². The van der Waals surface area contributed by atoms with E-state index in [2.05, 4.69) is 82.4 Å². The SMILES string of the molecule is CC/C=C\C/C=C\C/C=C\C/C=C\C/C=C\C/C=C\CCC(=O)OCC(COP(=O)(O)OCC(O)COP(=O)(O)OCC(COC(=O)CCCCCCCCCCCCCCCCC)OC(=O)CCCCCCCCCCCCCCCCC)OC(=O)CCCCCCCCCCCCC. The first kappa shape index (κ1) is 96.5. The molecule has 100 heavy (non-hydrogen) atoms. The lowest BCUT2D eigenvalue weighted by Crippen LogP contribution is -2.30. The Balaban J connectivity index is 5.34. The molecule has 0 aliphatic heterocycles. The fourth-order valence-corrected chi connectivity index (χ4v) is 12.7. The van der Waals surface area contributed by atoms with E-state index < -0.39 is 97.5 Å². The standard InChI is InChI=1S/C81H146O17P2/c1-5-9-13-17-21-25-29-32-35-36-37-38-41-43-47-50-54-58-62-66-79(84)91-71-76(97-80(85)67-63-59-55-51-45-28-24-20-16-12-8-4)73-95-99(87,88)93-69-75(82)70-94-100(89,90)96-74-77(98-81(86)68-64-60-56-52-48-44-40-34-31-27-23-19-15-11-7-3)72-92-78(83)65-61-57-53-49-46-42-39-33-30-26-22-18-14-10-6-2/h9,13,21,25,32,35,37-38,43,47,54,58,75-77,82H,5-8,10-12,14-20,22-24,26-31,33-34,36,39-42,44-46,48-53,55-57,59-74H2,1-4H3,(H,87,88)(H,89,90)/b13-9-,25-21-,35-32-,38-37-,47-43-,58-54-. The van der Waals surface area contributed by atoms with Crippen molar-refractivity contribution in [3.63, 3.8) is 0 Å². The van der Waals surface area contributed by atoms with Gasteiger partial charge in [0.15, 0.2) is 12.2 Å². The van der Waals surface area contributed by atoms with Crippen molar-refractivity contribution in [3.05, 3.63) is 72.9 Å². The topological polar surface area (TPSA) is 237 Å². The molecular weight excluding hydrogens is 1310 g/mol. The van der Waals surface area contributed by atoms with E-state index in [4.69, 9.17) is 37.0 Å². The van der Waals surface area contributed by atoms with Crippen LogP contribution in [0.5, 0.6) is 0 Å². The molecule has 5 atom stereocenters. The molecule has 0 fully saturated rings. The normalized spacial score (nSPS) is 14.3. The quantitative estimate of drug-likeness (QED) is 0.0169. The molecule has 0 aliphatic carbocycles. The van der Waals surface area contributed by atoms with Gasteiger partial charge in [0, 0.05) is 25.7 Å². The minimum Gasteiger partial charge on any atom is -0.462 e.